The van der Waals surface area contributed by atoms with Gasteiger partial charge in [0.25, 0.3) is 0 Å². The molecule has 0 bridgehead atoms. The number of rotatable bonds is 7. The van der Waals surface area contributed by atoms with Crippen molar-refractivity contribution in [2.75, 3.05) is 22.9 Å². The number of primary amides is 1. The predicted molar refractivity (Wildman–Crippen MR) is 95.3 cm³/mol. The summed E-state index contributed by atoms with van der Waals surface area (Å²) in [6.07, 6.45) is -4.27. The van der Waals surface area contributed by atoms with Crippen LogP contribution in [0.1, 0.15) is 10.4 Å². The summed E-state index contributed by atoms with van der Waals surface area (Å²) < 4.78 is 37.1. The van der Waals surface area contributed by atoms with E-state index in [0.29, 0.717) is 33.6 Å². The van der Waals surface area contributed by atoms with Gasteiger partial charge in [0.15, 0.2) is 0 Å². The van der Waals surface area contributed by atoms with E-state index in [2.05, 4.69) is 10.6 Å². The minimum absolute atomic E-state index is 0.124. The van der Waals surface area contributed by atoms with Gasteiger partial charge in [-0.2, -0.15) is 13.2 Å². The lowest BCUT2D eigenvalue weighted by atomic mass is 10.2. The van der Waals surface area contributed by atoms with Crippen LogP contribution < -0.4 is 16.4 Å². The fourth-order valence-corrected chi connectivity index (χ4v) is 2.79. The molecular weight excluding hydrogens is 367 g/mol. The number of halogens is 3. The molecule has 0 spiro atoms. The Labute approximate surface area is 152 Å². The van der Waals surface area contributed by atoms with Crippen LogP contribution in [-0.4, -0.2) is 30.3 Å². The number of anilines is 2. The highest BCUT2D eigenvalue weighted by molar-refractivity contribution is 7.99. The third kappa shape index (κ3) is 6.32. The van der Waals surface area contributed by atoms with Crippen molar-refractivity contribution in [3.05, 3.63) is 54.1 Å². The Morgan fingerprint density at radius 1 is 1.04 bits per heavy atom. The van der Waals surface area contributed by atoms with Crippen LogP contribution in [0.2, 0.25) is 0 Å². The Morgan fingerprint density at radius 3 is 2.31 bits per heavy atom. The van der Waals surface area contributed by atoms with Gasteiger partial charge in [-0.3, -0.25) is 9.59 Å². The lowest BCUT2D eigenvalue weighted by molar-refractivity contribution is -0.114. The van der Waals surface area contributed by atoms with E-state index in [0.717, 1.165) is 0 Å². The summed E-state index contributed by atoms with van der Waals surface area (Å²) >= 11 is 0.651. The molecule has 0 radical (unpaired) electrons. The summed E-state index contributed by atoms with van der Waals surface area (Å²) in [5.41, 5.74) is 6.37. The van der Waals surface area contributed by atoms with E-state index < -0.39 is 17.8 Å². The summed E-state index contributed by atoms with van der Waals surface area (Å²) in [6, 6.07) is 12.5. The van der Waals surface area contributed by atoms with Crippen LogP contribution in [0, 0.1) is 0 Å². The van der Waals surface area contributed by atoms with E-state index in [9.17, 15) is 22.8 Å². The fraction of sp³-hybridized carbons (Fsp3) is 0.176. The van der Waals surface area contributed by atoms with Gasteiger partial charge in [0.2, 0.25) is 11.8 Å². The topological polar surface area (TPSA) is 84.2 Å². The first-order chi connectivity index (χ1) is 12.2. The van der Waals surface area contributed by atoms with Crippen molar-refractivity contribution in [2.45, 2.75) is 11.1 Å². The zero-order valence-corrected chi connectivity index (χ0v) is 14.3. The minimum Gasteiger partial charge on any atom is -0.375 e. The third-order valence-electron chi connectivity index (χ3n) is 3.17. The standard InChI is InChI=1S/C17H16F3N3O2S/c18-17(19,20)10-26-14-4-2-1-3-13(14)22-9-15(24)23-12-7-5-11(6-8-12)16(21)25/h1-8,22H,9-10H2,(H2,21,25)(H,23,24). The zero-order valence-electron chi connectivity index (χ0n) is 13.5. The first kappa shape index (κ1) is 19.6. The van der Waals surface area contributed by atoms with Crippen LogP contribution in [0.15, 0.2) is 53.4 Å². The zero-order chi connectivity index (χ0) is 19.2. The molecule has 2 aromatic carbocycles. The molecule has 9 heteroatoms. The van der Waals surface area contributed by atoms with Gasteiger partial charge in [-0.05, 0) is 36.4 Å². The van der Waals surface area contributed by atoms with Crippen LogP contribution in [0.25, 0.3) is 0 Å². The minimum atomic E-state index is -4.27. The van der Waals surface area contributed by atoms with Crippen molar-refractivity contribution < 1.29 is 22.8 Å². The van der Waals surface area contributed by atoms with Gasteiger partial charge in [0.1, 0.15) is 0 Å². The number of nitrogens with two attached hydrogens (primary N) is 1. The highest BCUT2D eigenvalue weighted by atomic mass is 32.2. The Hall–Kier alpha value is -2.68. The summed E-state index contributed by atoms with van der Waals surface area (Å²) in [4.78, 5) is 23.4. The second-order valence-electron chi connectivity index (χ2n) is 5.24. The van der Waals surface area contributed by atoms with Crippen LogP contribution >= 0.6 is 11.8 Å². The molecule has 2 aromatic rings. The number of hydrogen-bond donors (Lipinski definition) is 3. The van der Waals surface area contributed by atoms with Gasteiger partial charge in [-0.15, -0.1) is 11.8 Å². The van der Waals surface area contributed by atoms with E-state index in [1.807, 2.05) is 0 Å². The number of alkyl halides is 3. The average Bonchev–Trinajstić information content (AvgIpc) is 2.58. The number of amides is 2. The smallest absolute Gasteiger partial charge is 0.375 e. The van der Waals surface area contributed by atoms with Gasteiger partial charge in [0.05, 0.1) is 12.3 Å². The molecule has 0 atom stereocenters. The lowest BCUT2D eigenvalue weighted by Crippen LogP contribution is -2.22. The van der Waals surface area contributed by atoms with Crippen molar-refractivity contribution in [1.82, 2.24) is 0 Å². The number of carbonyl (C=O) groups excluding carboxylic acids is 2. The van der Waals surface area contributed by atoms with Crippen molar-refractivity contribution in [2.24, 2.45) is 5.73 Å². The maximum absolute atomic E-state index is 12.4. The Bertz CT molecular complexity index is 780. The predicted octanol–water partition coefficient (Wildman–Crippen LogP) is 3.49. The van der Waals surface area contributed by atoms with Gasteiger partial charge in [-0.25, -0.2) is 0 Å². The number of carbonyl (C=O) groups is 2. The second kappa shape index (κ2) is 8.61. The van der Waals surface area contributed by atoms with Crippen LogP contribution in [-0.2, 0) is 4.79 Å². The molecule has 0 fully saturated rings. The van der Waals surface area contributed by atoms with E-state index in [-0.39, 0.29) is 12.5 Å². The summed E-state index contributed by atoms with van der Waals surface area (Å²) in [5.74, 6) is -1.96. The molecule has 0 aliphatic rings. The number of nitrogens with one attached hydrogen (secondary N) is 2. The van der Waals surface area contributed by atoms with Crippen molar-refractivity contribution in [1.29, 1.82) is 0 Å². The molecule has 2 amide bonds. The summed E-state index contributed by atoms with van der Waals surface area (Å²) in [6.45, 7) is -0.124. The first-order valence-electron chi connectivity index (χ1n) is 7.47. The average molecular weight is 383 g/mol. The molecule has 0 saturated heterocycles. The molecule has 0 aliphatic heterocycles. The molecule has 0 heterocycles. The molecular formula is C17H16F3N3O2S. The Kier molecular flexibility index (Phi) is 6.51. The summed E-state index contributed by atoms with van der Waals surface area (Å²) in [5, 5.41) is 5.44. The van der Waals surface area contributed by atoms with Crippen molar-refractivity contribution in [3.8, 4) is 0 Å². The first-order valence-corrected chi connectivity index (χ1v) is 8.45. The maximum atomic E-state index is 12.4. The largest absolute Gasteiger partial charge is 0.398 e. The molecule has 0 aromatic heterocycles. The molecule has 0 aliphatic carbocycles. The summed E-state index contributed by atoms with van der Waals surface area (Å²) in [7, 11) is 0. The molecule has 4 N–H and O–H groups in total. The SMILES string of the molecule is NC(=O)c1ccc(NC(=O)CNc2ccccc2SCC(F)(F)F)cc1. The normalized spacial score (nSPS) is 11.0. The number of para-hydroxylation sites is 1. The Morgan fingerprint density at radius 2 is 1.69 bits per heavy atom. The molecule has 2 rings (SSSR count). The van der Waals surface area contributed by atoms with Crippen LogP contribution in [0.5, 0.6) is 0 Å². The molecule has 0 saturated carbocycles. The highest BCUT2D eigenvalue weighted by Gasteiger charge is 2.27. The molecule has 0 unspecified atom stereocenters. The van der Waals surface area contributed by atoms with E-state index >= 15 is 0 Å². The van der Waals surface area contributed by atoms with Crippen molar-refractivity contribution in [3.63, 3.8) is 0 Å². The number of hydrogen-bond acceptors (Lipinski definition) is 4. The molecule has 5 nitrogen and oxygen atoms in total. The van der Waals surface area contributed by atoms with Gasteiger partial charge < -0.3 is 16.4 Å². The quantitative estimate of drug-likeness (QED) is 0.639. The Balaban J connectivity index is 1.92. The lowest BCUT2D eigenvalue weighted by Gasteiger charge is -2.13. The molecule has 138 valence electrons. The monoisotopic (exact) mass is 383 g/mol. The van der Waals surface area contributed by atoms with Crippen LogP contribution in [0.3, 0.4) is 0 Å². The third-order valence-corrected chi connectivity index (χ3v) is 4.31. The van der Waals surface area contributed by atoms with Gasteiger partial charge >= 0.3 is 6.18 Å². The van der Waals surface area contributed by atoms with Gasteiger partial charge in [-0.1, -0.05) is 12.1 Å². The van der Waals surface area contributed by atoms with Gasteiger partial charge in [0, 0.05) is 21.8 Å². The van der Waals surface area contributed by atoms with E-state index in [4.69, 9.17) is 5.73 Å². The number of thioether (sulfide) groups is 1. The molecule has 26 heavy (non-hydrogen) atoms. The second-order valence-corrected chi connectivity index (χ2v) is 6.26. The highest BCUT2D eigenvalue weighted by Crippen LogP contribution is 2.31. The number of benzene rings is 2. The van der Waals surface area contributed by atoms with Crippen LogP contribution in [0.4, 0.5) is 24.5 Å². The maximum Gasteiger partial charge on any atom is 0.398 e. The van der Waals surface area contributed by atoms with E-state index in [1.54, 1.807) is 24.3 Å². The fourth-order valence-electron chi connectivity index (χ4n) is 2.00. The van der Waals surface area contributed by atoms with E-state index in [1.165, 1.54) is 24.3 Å². The van der Waals surface area contributed by atoms with Crippen molar-refractivity contribution >= 4 is 35.0 Å².